The fourth-order valence-corrected chi connectivity index (χ4v) is 3.25. The van der Waals surface area contributed by atoms with E-state index in [1.807, 2.05) is 17.0 Å². The van der Waals surface area contributed by atoms with Crippen LogP contribution in [0.3, 0.4) is 0 Å². The van der Waals surface area contributed by atoms with Gasteiger partial charge in [0.15, 0.2) is 0 Å². The van der Waals surface area contributed by atoms with Gasteiger partial charge in [0.2, 0.25) is 0 Å². The van der Waals surface area contributed by atoms with Crippen LogP contribution in [0, 0.1) is 6.92 Å². The van der Waals surface area contributed by atoms with Gasteiger partial charge in [-0.05, 0) is 47.6 Å². The Balaban J connectivity index is 1.65. The molecule has 0 unspecified atom stereocenters. The van der Waals surface area contributed by atoms with E-state index in [0.29, 0.717) is 31.1 Å². The number of phenols is 1. The molecule has 2 radical (unpaired) electrons. The molecule has 3 N–H and O–H groups in total. The Morgan fingerprint density at radius 2 is 1.96 bits per heavy atom. The maximum Gasteiger partial charge on any atom is 0.253 e. The number of hydrogen-bond donors (Lipinski definition) is 2. The van der Waals surface area contributed by atoms with Crippen molar-refractivity contribution in [3.63, 3.8) is 0 Å². The molecule has 124 valence electrons. The molecule has 2 aromatic carbocycles. The van der Waals surface area contributed by atoms with Crippen molar-refractivity contribution in [1.29, 1.82) is 0 Å². The van der Waals surface area contributed by atoms with Gasteiger partial charge in [-0.25, -0.2) is 0 Å². The number of aromatic hydroxyl groups is 1. The number of benzene rings is 2. The Labute approximate surface area is 142 Å². The molecule has 1 amide bonds. The van der Waals surface area contributed by atoms with Crippen molar-refractivity contribution in [2.75, 3.05) is 13.1 Å². The zero-order valence-corrected chi connectivity index (χ0v) is 13.6. The number of carbonyl (C=O) groups excluding carboxylic acids is 1. The van der Waals surface area contributed by atoms with Gasteiger partial charge in [0.1, 0.15) is 5.75 Å². The van der Waals surface area contributed by atoms with Crippen molar-refractivity contribution in [1.82, 2.24) is 4.90 Å². The number of nitrogens with zero attached hydrogens (tertiary/aromatic N) is 1. The minimum atomic E-state index is -0.0561. The van der Waals surface area contributed by atoms with Gasteiger partial charge in [0.05, 0.1) is 0 Å². The molecule has 0 aromatic heterocycles. The molecule has 3 rings (SSSR count). The van der Waals surface area contributed by atoms with Crippen LogP contribution in [0.25, 0.3) is 0 Å². The summed E-state index contributed by atoms with van der Waals surface area (Å²) in [7, 11) is 0. The predicted octanol–water partition coefficient (Wildman–Crippen LogP) is 2.93. The van der Waals surface area contributed by atoms with Gasteiger partial charge in [-0.1, -0.05) is 30.3 Å². The molecular weight excluding hydrogens is 300 g/mol. The summed E-state index contributed by atoms with van der Waals surface area (Å²) in [6.07, 6.45) is 1.86. The summed E-state index contributed by atoms with van der Waals surface area (Å²) in [5.74, 6) is 0.356. The first-order chi connectivity index (χ1) is 11.6. The SMILES string of the molecule is [CH]c1ccc(C(=O)N2CCC(c3cccc(CN)c3)CC2)cc1O. The molecule has 0 spiro atoms. The van der Waals surface area contributed by atoms with Crippen molar-refractivity contribution in [2.45, 2.75) is 25.3 Å². The third kappa shape index (κ3) is 3.44. The van der Waals surface area contributed by atoms with E-state index in [1.165, 1.54) is 11.6 Å². The van der Waals surface area contributed by atoms with E-state index in [0.717, 1.165) is 18.4 Å². The first kappa shape index (κ1) is 16.5. The molecule has 0 bridgehead atoms. The van der Waals surface area contributed by atoms with E-state index < -0.39 is 0 Å². The Morgan fingerprint density at radius 3 is 2.62 bits per heavy atom. The van der Waals surface area contributed by atoms with Gasteiger partial charge < -0.3 is 15.7 Å². The summed E-state index contributed by atoms with van der Waals surface area (Å²) in [6, 6.07) is 13.1. The fourth-order valence-electron chi connectivity index (χ4n) is 3.25. The summed E-state index contributed by atoms with van der Waals surface area (Å²) < 4.78 is 0. The number of phenolic OH excluding ortho intramolecular Hbond substituents is 1. The number of carbonyl (C=O) groups is 1. The molecular formula is C20H22N2O2. The molecule has 4 heteroatoms. The molecule has 24 heavy (non-hydrogen) atoms. The van der Waals surface area contributed by atoms with Crippen LogP contribution < -0.4 is 5.73 Å². The molecule has 0 saturated carbocycles. The maximum absolute atomic E-state index is 12.6. The Bertz CT molecular complexity index is 734. The first-order valence-corrected chi connectivity index (χ1v) is 8.25. The minimum absolute atomic E-state index is 0.0469. The highest BCUT2D eigenvalue weighted by atomic mass is 16.3. The van der Waals surface area contributed by atoms with Crippen LogP contribution in [-0.4, -0.2) is 29.0 Å². The summed E-state index contributed by atoms with van der Waals surface area (Å²) in [4.78, 5) is 14.4. The maximum atomic E-state index is 12.6. The lowest BCUT2D eigenvalue weighted by atomic mass is 9.88. The van der Waals surface area contributed by atoms with E-state index in [9.17, 15) is 9.90 Å². The molecule has 1 fully saturated rings. The summed E-state index contributed by atoms with van der Waals surface area (Å²) >= 11 is 0. The number of piperidine rings is 1. The lowest BCUT2D eigenvalue weighted by Gasteiger charge is -2.32. The highest BCUT2D eigenvalue weighted by molar-refractivity contribution is 5.94. The van der Waals surface area contributed by atoms with Crippen LogP contribution in [0.1, 0.15) is 45.8 Å². The minimum Gasteiger partial charge on any atom is -0.508 e. The van der Waals surface area contributed by atoms with E-state index in [2.05, 4.69) is 12.1 Å². The van der Waals surface area contributed by atoms with Crippen molar-refractivity contribution >= 4 is 5.91 Å². The average molecular weight is 322 g/mol. The van der Waals surface area contributed by atoms with E-state index in [-0.39, 0.29) is 17.2 Å². The first-order valence-electron chi connectivity index (χ1n) is 8.25. The number of rotatable bonds is 3. The van der Waals surface area contributed by atoms with Gasteiger partial charge in [-0.15, -0.1) is 0 Å². The number of likely N-dealkylation sites (tertiary alicyclic amines) is 1. The van der Waals surface area contributed by atoms with E-state index in [4.69, 9.17) is 12.7 Å². The monoisotopic (exact) mass is 322 g/mol. The standard InChI is InChI=1S/C20H22N2O2/c1-14-5-6-18(12-19(14)23)20(24)22-9-7-16(8-10-22)17-4-2-3-15(11-17)13-21/h1-6,11-12,16,23H,7-10,13,21H2. The molecule has 0 atom stereocenters. The Morgan fingerprint density at radius 1 is 1.21 bits per heavy atom. The lowest BCUT2D eigenvalue weighted by Crippen LogP contribution is -2.37. The van der Waals surface area contributed by atoms with Crippen molar-refractivity contribution < 1.29 is 9.90 Å². The summed E-state index contributed by atoms with van der Waals surface area (Å²) in [5.41, 5.74) is 8.92. The van der Waals surface area contributed by atoms with Crippen LogP contribution in [0.2, 0.25) is 0 Å². The third-order valence-corrected chi connectivity index (χ3v) is 4.72. The zero-order chi connectivity index (χ0) is 17.1. The van der Waals surface area contributed by atoms with Crippen LogP contribution >= 0.6 is 0 Å². The highest BCUT2D eigenvalue weighted by Crippen LogP contribution is 2.29. The highest BCUT2D eigenvalue weighted by Gasteiger charge is 2.25. The third-order valence-electron chi connectivity index (χ3n) is 4.72. The second-order valence-corrected chi connectivity index (χ2v) is 6.29. The van der Waals surface area contributed by atoms with E-state index in [1.54, 1.807) is 12.1 Å². The van der Waals surface area contributed by atoms with Gasteiger partial charge >= 0.3 is 0 Å². The van der Waals surface area contributed by atoms with Crippen LogP contribution in [0.15, 0.2) is 42.5 Å². The molecule has 0 aliphatic carbocycles. The van der Waals surface area contributed by atoms with Crippen molar-refractivity contribution in [3.05, 3.63) is 71.6 Å². The average Bonchev–Trinajstić information content (AvgIpc) is 2.63. The van der Waals surface area contributed by atoms with Crippen molar-refractivity contribution in [3.8, 4) is 5.75 Å². The Hall–Kier alpha value is -2.33. The van der Waals surface area contributed by atoms with Gasteiger partial charge in [0.25, 0.3) is 5.91 Å². The number of amides is 1. The summed E-state index contributed by atoms with van der Waals surface area (Å²) in [5, 5.41) is 9.68. The molecule has 1 aliphatic rings. The second kappa shape index (κ2) is 7.05. The predicted molar refractivity (Wildman–Crippen MR) is 93.7 cm³/mol. The topological polar surface area (TPSA) is 66.6 Å². The number of hydrogen-bond acceptors (Lipinski definition) is 3. The summed E-state index contributed by atoms with van der Waals surface area (Å²) in [6.45, 7) is 7.56. The van der Waals surface area contributed by atoms with Gasteiger partial charge in [0, 0.05) is 32.1 Å². The molecule has 1 saturated heterocycles. The number of nitrogens with two attached hydrogens (primary N) is 1. The normalized spacial score (nSPS) is 15.5. The van der Waals surface area contributed by atoms with Gasteiger partial charge in [-0.3, -0.25) is 4.79 Å². The molecule has 2 aromatic rings. The van der Waals surface area contributed by atoms with Gasteiger partial charge in [-0.2, -0.15) is 0 Å². The fraction of sp³-hybridized carbons (Fsp3) is 0.300. The lowest BCUT2D eigenvalue weighted by molar-refractivity contribution is 0.0712. The van der Waals surface area contributed by atoms with Crippen LogP contribution in [0.5, 0.6) is 5.75 Å². The largest absolute Gasteiger partial charge is 0.508 e. The Kier molecular flexibility index (Phi) is 4.86. The quantitative estimate of drug-likeness (QED) is 0.913. The smallest absolute Gasteiger partial charge is 0.253 e. The van der Waals surface area contributed by atoms with E-state index >= 15 is 0 Å². The molecule has 1 aliphatic heterocycles. The second-order valence-electron chi connectivity index (χ2n) is 6.29. The van der Waals surface area contributed by atoms with Crippen LogP contribution in [0.4, 0.5) is 0 Å². The molecule has 4 nitrogen and oxygen atoms in total. The van der Waals surface area contributed by atoms with Crippen LogP contribution in [-0.2, 0) is 6.54 Å². The zero-order valence-electron chi connectivity index (χ0n) is 13.6. The van der Waals surface area contributed by atoms with Crippen molar-refractivity contribution in [2.24, 2.45) is 5.73 Å². The molecule has 1 heterocycles.